The van der Waals surface area contributed by atoms with E-state index < -0.39 is 0 Å². The van der Waals surface area contributed by atoms with Gasteiger partial charge in [0.25, 0.3) is 0 Å². The minimum absolute atomic E-state index is 0.723. The zero-order valence-corrected chi connectivity index (χ0v) is 12.5. The molecule has 2 aliphatic carbocycles. The first-order valence-corrected chi connectivity index (χ1v) is 8.15. The van der Waals surface area contributed by atoms with Gasteiger partial charge in [-0.3, -0.25) is 0 Å². The van der Waals surface area contributed by atoms with Crippen LogP contribution in [-0.2, 0) is 0 Å². The van der Waals surface area contributed by atoms with Crippen LogP contribution in [0.15, 0.2) is 0 Å². The molecule has 0 aliphatic heterocycles. The standard InChI is InChI=1S/C16H32N2/c1-17-16(15-10-6-7-11-15)13-18(2)12-14-8-4-3-5-9-14/h14-17H,3-13H2,1-2H3. The van der Waals surface area contributed by atoms with Crippen molar-refractivity contribution in [2.45, 2.75) is 63.8 Å². The average Bonchev–Trinajstić information content (AvgIpc) is 2.91. The van der Waals surface area contributed by atoms with Crippen molar-refractivity contribution in [3.05, 3.63) is 0 Å². The molecule has 1 unspecified atom stereocenters. The van der Waals surface area contributed by atoms with Crippen LogP contribution in [0.2, 0.25) is 0 Å². The van der Waals surface area contributed by atoms with Crippen molar-refractivity contribution in [1.29, 1.82) is 0 Å². The Balaban J connectivity index is 1.72. The van der Waals surface area contributed by atoms with Gasteiger partial charge in [-0.2, -0.15) is 0 Å². The lowest BCUT2D eigenvalue weighted by Crippen LogP contribution is -2.43. The van der Waals surface area contributed by atoms with Crippen LogP contribution in [0.1, 0.15) is 57.8 Å². The van der Waals surface area contributed by atoms with E-state index in [1.807, 2.05) is 0 Å². The van der Waals surface area contributed by atoms with E-state index in [-0.39, 0.29) is 0 Å². The van der Waals surface area contributed by atoms with E-state index in [4.69, 9.17) is 0 Å². The molecule has 1 N–H and O–H groups in total. The Kier molecular flexibility index (Phi) is 5.97. The van der Waals surface area contributed by atoms with Gasteiger partial charge >= 0.3 is 0 Å². The number of likely N-dealkylation sites (N-methyl/N-ethyl adjacent to an activating group) is 2. The number of hydrogen-bond acceptors (Lipinski definition) is 2. The van der Waals surface area contributed by atoms with Crippen LogP contribution < -0.4 is 5.32 Å². The molecule has 0 radical (unpaired) electrons. The van der Waals surface area contributed by atoms with Gasteiger partial charge in [0.1, 0.15) is 0 Å². The van der Waals surface area contributed by atoms with Gasteiger partial charge in [-0.15, -0.1) is 0 Å². The van der Waals surface area contributed by atoms with Crippen molar-refractivity contribution < 1.29 is 0 Å². The van der Waals surface area contributed by atoms with Crippen LogP contribution in [-0.4, -0.2) is 38.1 Å². The second-order valence-electron chi connectivity index (χ2n) is 6.66. The third-order valence-corrected chi connectivity index (χ3v) is 5.14. The first kappa shape index (κ1) is 14.3. The SMILES string of the molecule is CNC(CN(C)CC1CCCCC1)C1CCCC1. The average molecular weight is 252 g/mol. The lowest BCUT2D eigenvalue weighted by Gasteiger charge is -2.31. The summed E-state index contributed by atoms with van der Waals surface area (Å²) in [7, 11) is 4.48. The van der Waals surface area contributed by atoms with Crippen molar-refractivity contribution >= 4 is 0 Å². The Hall–Kier alpha value is -0.0800. The summed E-state index contributed by atoms with van der Waals surface area (Å²) in [5.74, 6) is 1.91. The van der Waals surface area contributed by atoms with Crippen LogP contribution in [0.4, 0.5) is 0 Å². The molecule has 2 rings (SSSR count). The first-order chi connectivity index (χ1) is 8.79. The second kappa shape index (κ2) is 7.49. The molecule has 0 aromatic carbocycles. The van der Waals surface area contributed by atoms with Gasteiger partial charge in [0.15, 0.2) is 0 Å². The normalized spacial score (nSPS) is 24.8. The summed E-state index contributed by atoms with van der Waals surface area (Å²) >= 11 is 0. The van der Waals surface area contributed by atoms with E-state index >= 15 is 0 Å². The van der Waals surface area contributed by atoms with Crippen LogP contribution in [0.3, 0.4) is 0 Å². The molecule has 0 aromatic heterocycles. The highest BCUT2D eigenvalue weighted by Gasteiger charge is 2.25. The molecule has 1 atom stereocenters. The summed E-state index contributed by atoms with van der Waals surface area (Å²) in [6.45, 7) is 2.57. The molecule has 2 nitrogen and oxygen atoms in total. The van der Waals surface area contributed by atoms with Gasteiger partial charge in [0.2, 0.25) is 0 Å². The maximum atomic E-state index is 3.57. The molecular weight excluding hydrogens is 220 g/mol. The molecule has 0 spiro atoms. The van der Waals surface area contributed by atoms with Gasteiger partial charge in [-0.1, -0.05) is 32.1 Å². The maximum absolute atomic E-state index is 3.57. The third kappa shape index (κ3) is 4.24. The molecule has 0 heterocycles. The Morgan fingerprint density at radius 3 is 2.22 bits per heavy atom. The quantitative estimate of drug-likeness (QED) is 0.780. The van der Waals surface area contributed by atoms with Crippen LogP contribution >= 0.6 is 0 Å². The third-order valence-electron chi connectivity index (χ3n) is 5.14. The molecule has 18 heavy (non-hydrogen) atoms. The molecule has 0 saturated heterocycles. The minimum Gasteiger partial charge on any atom is -0.315 e. The van der Waals surface area contributed by atoms with Gasteiger partial charge in [-0.05, 0) is 51.6 Å². The van der Waals surface area contributed by atoms with Crippen LogP contribution in [0, 0.1) is 11.8 Å². The molecule has 106 valence electrons. The predicted molar refractivity (Wildman–Crippen MR) is 78.9 cm³/mol. The Morgan fingerprint density at radius 2 is 1.61 bits per heavy atom. The van der Waals surface area contributed by atoms with E-state index in [0.29, 0.717) is 0 Å². The molecule has 0 aromatic rings. The van der Waals surface area contributed by atoms with E-state index in [0.717, 1.165) is 17.9 Å². The number of nitrogens with one attached hydrogen (secondary N) is 1. The Labute approximate surface area is 114 Å². The van der Waals surface area contributed by atoms with Crippen molar-refractivity contribution in [1.82, 2.24) is 10.2 Å². The summed E-state index contributed by atoms with van der Waals surface area (Å²) in [5.41, 5.74) is 0. The minimum atomic E-state index is 0.723. The van der Waals surface area contributed by atoms with Crippen LogP contribution in [0.25, 0.3) is 0 Å². The Morgan fingerprint density at radius 1 is 1.00 bits per heavy atom. The number of hydrogen-bond donors (Lipinski definition) is 1. The van der Waals surface area contributed by atoms with Gasteiger partial charge < -0.3 is 10.2 Å². The molecule has 2 aliphatic rings. The molecule has 0 amide bonds. The fourth-order valence-electron chi connectivity index (χ4n) is 4.06. The van der Waals surface area contributed by atoms with Crippen molar-refractivity contribution in [2.24, 2.45) is 11.8 Å². The highest BCUT2D eigenvalue weighted by atomic mass is 15.1. The predicted octanol–water partition coefficient (Wildman–Crippen LogP) is 3.28. The zero-order chi connectivity index (χ0) is 12.8. The summed E-state index contributed by atoms with van der Waals surface area (Å²) in [4.78, 5) is 2.59. The molecule has 2 saturated carbocycles. The lowest BCUT2D eigenvalue weighted by molar-refractivity contribution is 0.197. The molecule has 2 fully saturated rings. The number of nitrogens with zero attached hydrogens (tertiary/aromatic N) is 1. The fourth-order valence-corrected chi connectivity index (χ4v) is 4.06. The molecule has 2 heteroatoms. The summed E-state index contributed by atoms with van der Waals surface area (Å²) < 4.78 is 0. The highest BCUT2D eigenvalue weighted by molar-refractivity contribution is 4.82. The van der Waals surface area contributed by atoms with Gasteiger partial charge in [-0.25, -0.2) is 0 Å². The number of rotatable bonds is 6. The first-order valence-electron chi connectivity index (χ1n) is 8.15. The maximum Gasteiger partial charge on any atom is 0.0220 e. The lowest BCUT2D eigenvalue weighted by atomic mass is 9.88. The fraction of sp³-hybridized carbons (Fsp3) is 1.00. The summed E-state index contributed by atoms with van der Waals surface area (Å²) in [6.07, 6.45) is 13.2. The van der Waals surface area contributed by atoms with E-state index in [9.17, 15) is 0 Å². The largest absolute Gasteiger partial charge is 0.315 e. The van der Waals surface area contributed by atoms with E-state index in [2.05, 4.69) is 24.3 Å². The topological polar surface area (TPSA) is 15.3 Å². The van der Waals surface area contributed by atoms with Crippen LogP contribution in [0.5, 0.6) is 0 Å². The zero-order valence-electron chi connectivity index (χ0n) is 12.5. The second-order valence-corrected chi connectivity index (χ2v) is 6.66. The molecular formula is C16H32N2. The monoisotopic (exact) mass is 252 g/mol. The summed E-state index contributed by atoms with van der Waals surface area (Å²) in [6, 6.07) is 0.723. The molecule has 0 bridgehead atoms. The smallest absolute Gasteiger partial charge is 0.0220 e. The van der Waals surface area contributed by atoms with Gasteiger partial charge in [0.05, 0.1) is 0 Å². The van der Waals surface area contributed by atoms with Gasteiger partial charge in [0, 0.05) is 19.1 Å². The van der Waals surface area contributed by atoms with Crippen molar-refractivity contribution in [2.75, 3.05) is 27.2 Å². The highest BCUT2D eigenvalue weighted by Crippen LogP contribution is 2.28. The summed E-state index contributed by atoms with van der Waals surface area (Å²) in [5, 5.41) is 3.57. The van der Waals surface area contributed by atoms with Crippen molar-refractivity contribution in [3.8, 4) is 0 Å². The van der Waals surface area contributed by atoms with Crippen molar-refractivity contribution in [3.63, 3.8) is 0 Å². The van der Waals surface area contributed by atoms with E-state index in [1.54, 1.807) is 0 Å². The Bertz CT molecular complexity index is 217. The van der Waals surface area contributed by atoms with E-state index in [1.165, 1.54) is 70.9 Å².